The van der Waals surface area contributed by atoms with Gasteiger partial charge in [-0.2, -0.15) is 11.8 Å². The van der Waals surface area contributed by atoms with Crippen LogP contribution in [0.5, 0.6) is 0 Å². The predicted molar refractivity (Wildman–Crippen MR) is 153 cm³/mol. The number of carbonyl (C=O) groups excluding carboxylic acids is 3. The van der Waals surface area contributed by atoms with E-state index >= 15 is 0 Å². The summed E-state index contributed by atoms with van der Waals surface area (Å²) in [7, 11) is 0. The largest absolute Gasteiger partial charge is 0.481 e. The molecule has 4 atom stereocenters. The number of aromatic amines is 1. The van der Waals surface area contributed by atoms with E-state index in [9.17, 15) is 29.1 Å². The number of hydrogen-bond donors (Lipinski definition) is 7. The molecule has 40 heavy (non-hydrogen) atoms. The normalized spacial score (nSPS) is 14.2. The van der Waals surface area contributed by atoms with Gasteiger partial charge < -0.3 is 36.9 Å². The number of carboxylic acid groups (broad SMARTS) is 2. The van der Waals surface area contributed by atoms with Crippen molar-refractivity contribution >= 4 is 52.3 Å². The molecule has 1 heterocycles. The van der Waals surface area contributed by atoms with Gasteiger partial charge >= 0.3 is 11.9 Å². The third kappa shape index (κ3) is 10.2. The lowest BCUT2D eigenvalue weighted by Gasteiger charge is -2.26. The van der Waals surface area contributed by atoms with Gasteiger partial charge in [0.05, 0.1) is 6.04 Å². The van der Waals surface area contributed by atoms with Gasteiger partial charge in [0, 0.05) is 23.5 Å². The second-order valence-corrected chi connectivity index (χ2v) is 11.0. The van der Waals surface area contributed by atoms with E-state index in [0.29, 0.717) is 5.75 Å². The number of hydrogen-bond acceptors (Lipinski definition) is 7. The number of thioether (sulfide) groups is 1. The van der Waals surface area contributed by atoms with Crippen LogP contribution in [-0.2, 0) is 30.4 Å². The molecule has 12 nitrogen and oxygen atoms in total. The lowest BCUT2D eigenvalue weighted by atomic mass is 10.0. The van der Waals surface area contributed by atoms with Crippen molar-refractivity contribution in [3.05, 3.63) is 36.0 Å². The van der Waals surface area contributed by atoms with Crippen LogP contribution in [0.25, 0.3) is 10.9 Å². The zero-order chi connectivity index (χ0) is 29.8. The minimum absolute atomic E-state index is 0.0396. The number of para-hydroxylation sites is 1. The van der Waals surface area contributed by atoms with Crippen LogP contribution in [0.4, 0.5) is 0 Å². The van der Waals surface area contributed by atoms with Crippen LogP contribution < -0.4 is 21.7 Å². The first-order valence-corrected chi connectivity index (χ1v) is 14.5. The van der Waals surface area contributed by atoms with E-state index in [-0.39, 0.29) is 31.6 Å². The van der Waals surface area contributed by atoms with Crippen LogP contribution >= 0.6 is 11.8 Å². The lowest BCUT2D eigenvalue weighted by Crippen LogP contribution is -2.57. The van der Waals surface area contributed by atoms with Crippen LogP contribution in [0, 0.1) is 5.92 Å². The molecule has 220 valence electrons. The number of H-pyrrole nitrogens is 1. The van der Waals surface area contributed by atoms with Gasteiger partial charge in [-0.1, -0.05) is 32.0 Å². The van der Waals surface area contributed by atoms with Crippen molar-refractivity contribution in [1.29, 1.82) is 0 Å². The molecule has 1 aromatic heterocycles. The van der Waals surface area contributed by atoms with Gasteiger partial charge in [0.2, 0.25) is 17.7 Å². The number of aliphatic carboxylic acids is 2. The number of amides is 3. The third-order valence-corrected chi connectivity index (χ3v) is 6.94. The van der Waals surface area contributed by atoms with Gasteiger partial charge in [0.1, 0.15) is 18.1 Å². The summed E-state index contributed by atoms with van der Waals surface area (Å²) < 4.78 is 0. The Balaban J connectivity index is 2.11. The molecule has 2 rings (SSSR count). The van der Waals surface area contributed by atoms with E-state index < -0.39 is 60.2 Å². The van der Waals surface area contributed by atoms with Crippen molar-refractivity contribution in [2.75, 3.05) is 12.0 Å². The first-order valence-electron chi connectivity index (χ1n) is 13.1. The topological polar surface area (TPSA) is 204 Å². The second-order valence-electron chi connectivity index (χ2n) is 10.0. The molecule has 0 fully saturated rings. The molecular weight excluding hydrogens is 538 g/mol. The van der Waals surface area contributed by atoms with E-state index in [2.05, 4.69) is 20.9 Å². The highest BCUT2D eigenvalue weighted by molar-refractivity contribution is 7.98. The molecule has 0 aliphatic rings. The van der Waals surface area contributed by atoms with E-state index in [4.69, 9.17) is 10.8 Å². The molecule has 0 saturated carbocycles. The number of nitrogens with one attached hydrogen (secondary N) is 4. The molecule has 1 aromatic carbocycles. The Labute approximate surface area is 237 Å². The number of aromatic nitrogens is 1. The van der Waals surface area contributed by atoms with Gasteiger partial charge in [-0.15, -0.1) is 0 Å². The van der Waals surface area contributed by atoms with Crippen LogP contribution in [0.15, 0.2) is 30.5 Å². The molecule has 0 aliphatic carbocycles. The molecule has 3 amide bonds. The second kappa shape index (κ2) is 15.9. The first kappa shape index (κ1) is 32.6. The number of carboxylic acids is 2. The number of rotatable bonds is 17. The fourth-order valence-corrected chi connectivity index (χ4v) is 4.66. The Kier molecular flexibility index (Phi) is 12.9. The Morgan fingerprint density at radius 3 is 2.17 bits per heavy atom. The summed E-state index contributed by atoms with van der Waals surface area (Å²) >= 11 is 1.48. The zero-order valence-corrected chi connectivity index (χ0v) is 23.8. The Morgan fingerprint density at radius 2 is 1.55 bits per heavy atom. The third-order valence-electron chi connectivity index (χ3n) is 6.30. The quantitative estimate of drug-likeness (QED) is 0.144. The summed E-state index contributed by atoms with van der Waals surface area (Å²) in [4.78, 5) is 64.8. The smallest absolute Gasteiger partial charge is 0.326 e. The average molecular weight is 578 g/mol. The maximum absolute atomic E-state index is 13.3. The molecule has 0 bridgehead atoms. The van der Waals surface area contributed by atoms with Crippen LogP contribution in [-0.4, -0.2) is 81.0 Å². The zero-order valence-electron chi connectivity index (χ0n) is 22.9. The van der Waals surface area contributed by atoms with Crippen LogP contribution in [0.2, 0.25) is 0 Å². The van der Waals surface area contributed by atoms with Gasteiger partial charge in [0.15, 0.2) is 0 Å². The lowest BCUT2D eigenvalue weighted by molar-refractivity contribution is -0.143. The summed E-state index contributed by atoms with van der Waals surface area (Å²) in [6.45, 7) is 3.67. The molecule has 8 N–H and O–H groups in total. The highest BCUT2D eigenvalue weighted by atomic mass is 32.2. The van der Waals surface area contributed by atoms with Crippen molar-refractivity contribution in [2.24, 2.45) is 11.7 Å². The maximum Gasteiger partial charge on any atom is 0.326 e. The monoisotopic (exact) mass is 577 g/mol. The minimum Gasteiger partial charge on any atom is -0.481 e. The fourth-order valence-electron chi connectivity index (χ4n) is 4.19. The molecule has 0 aliphatic heterocycles. The highest BCUT2D eigenvalue weighted by Crippen LogP contribution is 2.19. The van der Waals surface area contributed by atoms with Crippen molar-refractivity contribution < 1.29 is 34.2 Å². The molecular formula is C27H39N5O7S. The van der Waals surface area contributed by atoms with Gasteiger partial charge in [-0.25, -0.2) is 4.79 Å². The summed E-state index contributed by atoms with van der Waals surface area (Å²) in [6.07, 6.45) is 3.64. The van der Waals surface area contributed by atoms with E-state index in [1.54, 1.807) is 6.20 Å². The van der Waals surface area contributed by atoms with Crippen molar-refractivity contribution in [3.63, 3.8) is 0 Å². The van der Waals surface area contributed by atoms with E-state index in [0.717, 1.165) is 16.5 Å². The fraction of sp³-hybridized carbons (Fsp3) is 0.519. The molecule has 0 saturated heterocycles. The van der Waals surface area contributed by atoms with E-state index in [1.165, 1.54) is 11.8 Å². The highest BCUT2D eigenvalue weighted by Gasteiger charge is 2.31. The number of nitrogens with two attached hydrogens (primary N) is 1. The Bertz CT molecular complexity index is 1180. The number of fused-ring (bicyclic) bond motifs is 1. The maximum atomic E-state index is 13.3. The summed E-state index contributed by atoms with van der Waals surface area (Å²) in [6, 6.07) is 3.22. The Hall–Kier alpha value is -3.58. The van der Waals surface area contributed by atoms with Crippen molar-refractivity contribution in [1.82, 2.24) is 20.9 Å². The molecule has 0 unspecified atom stereocenters. The predicted octanol–water partition coefficient (Wildman–Crippen LogP) is 1.24. The Morgan fingerprint density at radius 1 is 0.925 bits per heavy atom. The standard InChI is InChI=1S/C27H39N5O7S/c1-15(2)12-22(26(37)31-21(27(38)39)8-9-23(33)34)32-25(36)20(10-11-40-3)30-24(35)18(28)13-16-14-29-19-7-5-4-6-17(16)19/h4-7,14-15,18,20-22,29H,8-13,28H2,1-3H3,(H,30,35)(H,31,37)(H,32,36)(H,33,34)(H,38,39)/t18-,20-,21-,22-/m0/s1. The van der Waals surface area contributed by atoms with Crippen molar-refractivity contribution in [2.45, 2.75) is 70.1 Å². The minimum atomic E-state index is -1.43. The summed E-state index contributed by atoms with van der Waals surface area (Å²) in [5.74, 6) is -3.92. The number of benzene rings is 1. The molecule has 13 heteroatoms. The van der Waals surface area contributed by atoms with Gasteiger partial charge in [-0.3, -0.25) is 19.2 Å². The van der Waals surface area contributed by atoms with E-state index in [1.807, 2.05) is 44.4 Å². The van der Waals surface area contributed by atoms with Gasteiger partial charge in [-0.05, 0) is 55.2 Å². The van der Waals surface area contributed by atoms with Crippen molar-refractivity contribution in [3.8, 4) is 0 Å². The SMILES string of the molecule is CSCC[C@H](NC(=O)[C@@H](N)Cc1c[nH]c2ccccc12)C(=O)N[C@@H](CC(C)C)C(=O)N[C@@H](CCC(=O)O)C(=O)O. The number of carbonyl (C=O) groups is 5. The summed E-state index contributed by atoms with van der Waals surface area (Å²) in [5.41, 5.74) is 7.99. The van der Waals surface area contributed by atoms with Crippen LogP contribution in [0.3, 0.4) is 0 Å². The first-order chi connectivity index (χ1) is 18.9. The molecule has 0 radical (unpaired) electrons. The molecule has 2 aromatic rings. The molecule has 0 spiro atoms. The average Bonchev–Trinajstić information content (AvgIpc) is 3.30. The van der Waals surface area contributed by atoms with Crippen LogP contribution in [0.1, 0.15) is 45.1 Å². The van der Waals surface area contributed by atoms with Gasteiger partial charge in [0.25, 0.3) is 0 Å². The summed E-state index contributed by atoms with van der Waals surface area (Å²) in [5, 5.41) is 26.9.